The Morgan fingerprint density at radius 2 is 2.16 bits per heavy atom. The van der Waals surface area contributed by atoms with Gasteiger partial charge in [-0.2, -0.15) is 5.26 Å². The molecule has 0 amide bonds. The van der Waals surface area contributed by atoms with E-state index in [0.717, 1.165) is 5.56 Å². The molecule has 0 saturated heterocycles. The summed E-state index contributed by atoms with van der Waals surface area (Å²) < 4.78 is 5.07. The second-order valence-corrected chi connectivity index (χ2v) is 4.32. The molecule has 1 aromatic carbocycles. The number of H-pyrrole nitrogens is 1. The fourth-order valence-corrected chi connectivity index (χ4v) is 1.99. The lowest BCUT2D eigenvalue weighted by atomic mass is 10.1. The van der Waals surface area contributed by atoms with E-state index < -0.39 is 0 Å². The first kappa shape index (κ1) is 13.2. The summed E-state index contributed by atoms with van der Waals surface area (Å²) in [5.74, 6) is 0.578. The minimum absolute atomic E-state index is 0.0962. The maximum atomic E-state index is 11.7. The quantitative estimate of drug-likeness (QED) is 0.936. The lowest BCUT2D eigenvalue weighted by molar-refractivity contribution is 0.415. The molecule has 0 aliphatic heterocycles. The number of aromatic nitrogens is 1. The first-order chi connectivity index (χ1) is 9.15. The Kier molecular flexibility index (Phi) is 3.88. The van der Waals surface area contributed by atoms with Gasteiger partial charge in [0.1, 0.15) is 5.75 Å². The molecule has 1 heterocycles. The van der Waals surface area contributed by atoms with E-state index >= 15 is 0 Å². The van der Waals surface area contributed by atoms with E-state index in [2.05, 4.69) is 4.98 Å². The van der Waals surface area contributed by atoms with Gasteiger partial charge in [-0.1, -0.05) is 17.7 Å². The molecule has 0 saturated carbocycles. The zero-order chi connectivity index (χ0) is 13.8. The summed E-state index contributed by atoms with van der Waals surface area (Å²) in [6.45, 7) is 0. The Balaban J connectivity index is 2.43. The van der Waals surface area contributed by atoms with Gasteiger partial charge in [0.2, 0.25) is 0 Å². The van der Waals surface area contributed by atoms with Crippen LogP contribution in [-0.4, -0.2) is 12.1 Å². The first-order valence-corrected chi connectivity index (χ1v) is 5.96. The van der Waals surface area contributed by atoms with Crippen LogP contribution in [-0.2, 0) is 6.42 Å². The number of aromatic amines is 1. The molecule has 1 N–H and O–H groups in total. The van der Waals surface area contributed by atoms with Crippen molar-refractivity contribution in [3.63, 3.8) is 0 Å². The summed E-state index contributed by atoms with van der Waals surface area (Å²) in [5.41, 5.74) is 1.62. The Bertz CT molecular complexity index is 701. The third-order valence-electron chi connectivity index (χ3n) is 2.72. The highest BCUT2D eigenvalue weighted by molar-refractivity contribution is 6.32. The van der Waals surface area contributed by atoms with Crippen LogP contribution < -0.4 is 10.3 Å². The maximum Gasteiger partial charge on any atom is 0.252 e. The molecule has 0 atom stereocenters. The van der Waals surface area contributed by atoms with Gasteiger partial charge in [0.15, 0.2) is 0 Å². The number of nitriles is 1. The van der Waals surface area contributed by atoms with Gasteiger partial charge >= 0.3 is 0 Å². The highest BCUT2D eigenvalue weighted by Crippen LogP contribution is 2.28. The molecule has 4 nitrogen and oxygen atoms in total. The minimum Gasteiger partial charge on any atom is -0.495 e. The van der Waals surface area contributed by atoms with Gasteiger partial charge in [0.05, 0.1) is 24.6 Å². The van der Waals surface area contributed by atoms with Gasteiger partial charge in [-0.15, -0.1) is 0 Å². The van der Waals surface area contributed by atoms with Crippen molar-refractivity contribution in [3.05, 3.63) is 51.3 Å². The largest absolute Gasteiger partial charge is 0.495 e. The van der Waals surface area contributed by atoms with Crippen molar-refractivity contribution in [2.45, 2.75) is 6.42 Å². The molecule has 0 spiro atoms. The normalized spacial score (nSPS) is 9.95. The molecule has 19 heavy (non-hydrogen) atoms. The van der Waals surface area contributed by atoms with Gasteiger partial charge in [-0.25, -0.2) is 0 Å². The van der Waals surface area contributed by atoms with Crippen LogP contribution in [0.3, 0.4) is 0 Å². The molecule has 0 aliphatic carbocycles. The van der Waals surface area contributed by atoms with Crippen molar-refractivity contribution >= 4 is 11.6 Å². The Morgan fingerprint density at radius 1 is 1.37 bits per heavy atom. The van der Waals surface area contributed by atoms with Crippen molar-refractivity contribution < 1.29 is 4.74 Å². The molecule has 96 valence electrons. The average Bonchev–Trinajstić information content (AvgIpc) is 2.41. The third-order valence-corrected chi connectivity index (χ3v) is 3.02. The van der Waals surface area contributed by atoms with Crippen LogP contribution in [0.2, 0.25) is 5.02 Å². The summed E-state index contributed by atoms with van der Waals surface area (Å²) in [6.07, 6.45) is 0.0962. The molecule has 5 heteroatoms. The predicted octanol–water partition coefficient (Wildman–Crippen LogP) is 2.77. The number of halogens is 1. The molecular formula is C14H11ClN2O2. The SMILES string of the molecule is COc1ccc(-c2ccc(CC#N)c(=O)[nH]2)cc1Cl. The maximum absolute atomic E-state index is 11.7. The number of hydrogen-bond acceptors (Lipinski definition) is 3. The van der Waals surface area contributed by atoms with Gasteiger partial charge in [-0.3, -0.25) is 4.79 Å². The number of nitrogens with one attached hydrogen (secondary N) is 1. The second-order valence-electron chi connectivity index (χ2n) is 3.91. The molecule has 0 unspecified atom stereocenters. The number of methoxy groups -OCH3 is 1. The van der Waals surface area contributed by atoms with E-state index in [9.17, 15) is 4.79 Å². The summed E-state index contributed by atoms with van der Waals surface area (Å²) in [4.78, 5) is 14.5. The topological polar surface area (TPSA) is 65.9 Å². The highest BCUT2D eigenvalue weighted by Gasteiger charge is 2.06. The lowest BCUT2D eigenvalue weighted by Gasteiger charge is -2.06. The van der Waals surface area contributed by atoms with Crippen LogP contribution in [0.15, 0.2) is 35.1 Å². The predicted molar refractivity (Wildman–Crippen MR) is 73.4 cm³/mol. The lowest BCUT2D eigenvalue weighted by Crippen LogP contribution is -2.12. The minimum atomic E-state index is -0.258. The average molecular weight is 275 g/mol. The fraction of sp³-hybridized carbons (Fsp3) is 0.143. The molecular weight excluding hydrogens is 264 g/mol. The molecule has 1 aromatic heterocycles. The summed E-state index contributed by atoms with van der Waals surface area (Å²) in [5, 5.41) is 9.06. The van der Waals surface area contributed by atoms with Crippen molar-refractivity contribution in [1.82, 2.24) is 4.98 Å². The van der Waals surface area contributed by atoms with Gasteiger partial charge < -0.3 is 9.72 Å². The van der Waals surface area contributed by atoms with Crippen LogP contribution in [0.1, 0.15) is 5.56 Å². The Morgan fingerprint density at radius 3 is 2.74 bits per heavy atom. The van der Waals surface area contributed by atoms with E-state index in [1.165, 1.54) is 0 Å². The Hall–Kier alpha value is -2.25. The van der Waals surface area contributed by atoms with E-state index in [-0.39, 0.29) is 12.0 Å². The summed E-state index contributed by atoms with van der Waals surface area (Å²) in [6, 6.07) is 10.6. The number of ether oxygens (including phenoxy) is 1. The molecule has 0 bridgehead atoms. The van der Waals surface area contributed by atoms with Gasteiger partial charge in [-0.05, 0) is 29.8 Å². The van der Waals surface area contributed by atoms with Gasteiger partial charge in [0.25, 0.3) is 5.56 Å². The first-order valence-electron chi connectivity index (χ1n) is 5.58. The summed E-state index contributed by atoms with van der Waals surface area (Å²) in [7, 11) is 1.54. The van der Waals surface area contributed by atoms with E-state index in [1.54, 1.807) is 37.4 Å². The van der Waals surface area contributed by atoms with Crippen LogP contribution in [0, 0.1) is 11.3 Å². The smallest absolute Gasteiger partial charge is 0.252 e. The molecule has 2 aromatic rings. The number of hydrogen-bond donors (Lipinski definition) is 1. The zero-order valence-electron chi connectivity index (χ0n) is 10.2. The van der Waals surface area contributed by atoms with Crippen LogP contribution >= 0.6 is 11.6 Å². The standard InChI is InChI=1S/C14H11ClN2O2/c1-19-13-5-3-10(8-11(13)15)12-4-2-9(6-7-16)14(18)17-12/h2-5,8H,6H2,1H3,(H,17,18). The van der Waals surface area contributed by atoms with Gasteiger partial charge in [0, 0.05) is 11.3 Å². The summed E-state index contributed by atoms with van der Waals surface area (Å²) >= 11 is 6.04. The number of pyridine rings is 1. The van der Waals surface area contributed by atoms with E-state index in [4.69, 9.17) is 21.6 Å². The molecule has 2 rings (SSSR count). The number of rotatable bonds is 3. The van der Waals surface area contributed by atoms with Crippen LogP contribution in [0.25, 0.3) is 11.3 Å². The fourth-order valence-electron chi connectivity index (χ4n) is 1.73. The van der Waals surface area contributed by atoms with E-state index in [1.807, 2.05) is 6.07 Å². The zero-order valence-corrected chi connectivity index (χ0v) is 11.0. The van der Waals surface area contributed by atoms with Crippen molar-refractivity contribution in [2.75, 3.05) is 7.11 Å². The van der Waals surface area contributed by atoms with Crippen LogP contribution in [0.4, 0.5) is 0 Å². The van der Waals surface area contributed by atoms with Crippen molar-refractivity contribution in [3.8, 4) is 23.1 Å². The molecule has 0 fully saturated rings. The second kappa shape index (κ2) is 5.59. The number of nitrogens with zero attached hydrogens (tertiary/aromatic N) is 1. The molecule has 0 radical (unpaired) electrons. The van der Waals surface area contributed by atoms with Crippen molar-refractivity contribution in [2.24, 2.45) is 0 Å². The van der Waals surface area contributed by atoms with E-state index in [0.29, 0.717) is 22.0 Å². The van der Waals surface area contributed by atoms with Crippen LogP contribution in [0.5, 0.6) is 5.75 Å². The highest BCUT2D eigenvalue weighted by atomic mass is 35.5. The third kappa shape index (κ3) is 2.78. The Labute approximate surface area is 115 Å². The van der Waals surface area contributed by atoms with Crippen molar-refractivity contribution in [1.29, 1.82) is 5.26 Å². The monoisotopic (exact) mass is 274 g/mol. The molecule has 0 aliphatic rings. The number of benzene rings is 1.